The maximum absolute atomic E-state index is 2.31. The summed E-state index contributed by atoms with van der Waals surface area (Å²) in [6.07, 6.45) is 0. The minimum atomic E-state index is -0.215. The normalized spacial score (nSPS) is 13.0. The highest BCUT2D eigenvalue weighted by molar-refractivity contribution is 5.52. The number of rotatable bonds is 5. The number of likely N-dealkylation sites (N-methyl/N-ethyl adjacent to an activating group) is 1. The summed E-state index contributed by atoms with van der Waals surface area (Å²) in [6, 6.07) is 32.9. The summed E-state index contributed by atoms with van der Waals surface area (Å²) in [7, 11) is 4.32. The summed E-state index contributed by atoms with van der Waals surface area (Å²) >= 11 is 0. The SMILES string of the molecule is CC(N(C)C)C(c1ccccc1)(c1ccccc1)c1ccccc1. The third-order valence-electron chi connectivity index (χ3n) is 5.09. The Morgan fingerprint density at radius 3 is 1.12 bits per heavy atom. The quantitative estimate of drug-likeness (QED) is 0.601. The summed E-state index contributed by atoms with van der Waals surface area (Å²) in [5.41, 5.74) is 3.75. The molecule has 1 nitrogen and oxygen atoms in total. The number of benzene rings is 3. The minimum Gasteiger partial charge on any atom is -0.305 e. The lowest BCUT2D eigenvalue weighted by Gasteiger charge is -2.44. The van der Waals surface area contributed by atoms with Crippen molar-refractivity contribution in [3.8, 4) is 0 Å². The maximum atomic E-state index is 2.31. The summed E-state index contributed by atoms with van der Waals surface area (Å²) in [4.78, 5) is 2.31. The summed E-state index contributed by atoms with van der Waals surface area (Å²) in [5.74, 6) is 0. The highest BCUT2D eigenvalue weighted by Crippen LogP contribution is 2.43. The Balaban J connectivity index is 2.37. The van der Waals surface area contributed by atoms with Crippen LogP contribution in [0.2, 0.25) is 0 Å². The molecule has 0 heterocycles. The Bertz CT molecular complexity index is 651. The van der Waals surface area contributed by atoms with E-state index in [4.69, 9.17) is 0 Å². The van der Waals surface area contributed by atoms with Gasteiger partial charge in [0.1, 0.15) is 0 Å². The highest BCUT2D eigenvalue weighted by Gasteiger charge is 2.42. The van der Waals surface area contributed by atoms with E-state index in [-0.39, 0.29) is 5.41 Å². The zero-order valence-electron chi connectivity index (χ0n) is 14.7. The fourth-order valence-corrected chi connectivity index (χ4v) is 3.71. The first kappa shape index (κ1) is 16.5. The lowest BCUT2D eigenvalue weighted by Crippen LogP contribution is -2.47. The van der Waals surface area contributed by atoms with Crippen LogP contribution >= 0.6 is 0 Å². The van der Waals surface area contributed by atoms with Crippen molar-refractivity contribution in [1.82, 2.24) is 4.90 Å². The van der Waals surface area contributed by atoms with E-state index in [0.29, 0.717) is 6.04 Å². The van der Waals surface area contributed by atoms with Crippen LogP contribution in [0, 0.1) is 0 Å². The van der Waals surface area contributed by atoms with Crippen LogP contribution in [0.1, 0.15) is 23.6 Å². The Morgan fingerprint density at radius 1 is 0.583 bits per heavy atom. The van der Waals surface area contributed by atoms with E-state index in [1.165, 1.54) is 16.7 Å². The first-order valence-electron chi connectivity index (χ1n) is 8.50. The Labute approximate surface area is 145 Å². The van der Waals surface area contributed by atoms with Crippen molar-refractivity contribution in [2.45, 2.75) is 18.4 Å². The van der Waals surface area contributed by atoms with Crippen LogP contribution in [0.5, 0.6) is 0 Å². The van der Waals surface area contributed by atoms with Gasteiger partial charge in [-0.15, -0.1) is 0 Å². The van der Waals surface area contributed by atoms with Gasteiger partial charge in [0.2, 0.25) is 0 Å². The molecule has 0 bridgehead atoms. The number of hydrogen-bond donors (Lipinski definition) is 0. The van der Waals surface area contributed by atoms with Crippen LogP contribution in [-0.2, 0) is 5.41 Å². The molecule has 0 radical (unpaired) electrons. The van der Waals surface area contributed by atoms with Gasteiger partial charge in [-0.2, -0.15) is 0 Å². The molecule has 24 heavy (non-hydrogen) atoms. The van der Waals surface area contributed by atoms with Crippen LogP contribution in [0.4, 0.5) is 0 Å². The molecular formula is C23H25N. The van der Waals surface area contributed by atoms with Gasteiger partial charge in [0.15, 0.2) is 0 Å². The van der Waals surface area contributed by atoms with Gasteiger partial charge in [-0.05, 0) is 37.7 Å². The lowest BCUT2D eigenvalue weighted by molar-refractivity contribution is 0.245. The van der Waals surface area contributed by atoms with Gasteiger partial charge < -0.3 is 4.90 Å². The Kier molecular flexibility index (Phi) is 4.82. The molecule has 0 amide bonds. The molecule has 0 aliphatic rings. The average Bonchev–Trinajstić information content (AvgIpc) is 2.65. The van der Waals surface area contributed by atoms with Crippen molar-refractivity contribution in [3.05, 3.63) is 108 Å². The van der Waals surface area contributed by atoms with Crippen LogP contribution in [0.3, 0.4) is 0 Å². The van der Waals surface area contributed by atoms with E-state index in [9.17, 15) is 0 Å². The highest BCUT2D eigenvalue weighted by atomic mass is 15.1. The fraction of sp³-hybridized carbons (Fsp3) is 0.217. The molecule has 0 aliphatic heterocycles. The van der Waals surface area contributed by atoms with Gasteiger partial charge in [-0.25, -0.2) is 0 Å². The molecule has 1 heteroatoms. The fourth-order valence-electron chi connectivity index (χ4n) is 3.71. The van der Waals surface area contributed by atoms with Gasteiger partial charge in [0.25, 0.3) is 0 Å². The molecular weight excluding hydrogens is 290 g/mol. The topological polar surface area (TPSA) is 3.24 Å². The van der Waals surface area contributed by atoms with Crippen molar-refractivity contribution in [2.24, 2.45) is 0 Å². The minimum absolute atomic E-state index is 0.215. The largest absolute Gasteiger partial charge is 0.305 e. The zero-order chi connectivity index (χ0) is 17.0. The smallest absolute Gasteiger partial charge is 0.0603 e. The lowest BCUT2D eigenvalue weighted by atomic mass is 9.65. The first-order chi connectivity index (χ1) is 11.7. The molecule has 3 rings (SSSR count). The second kappa shape index (κ2) is 7.02. The van der Waals surface area contributed by atoms with E-state index in [0.717, 1.165) is 0 Å². The van der Waals surface area contributed by atoms with Gasteiger partial charge in [-0.1, -0.05) is 91.0 Å². The summed E-state index contributed by atoms with van der Waals surface area (Å²) in [5, 5.41) is 0. The summed E-state index contributed by atoms with van der Waals surface area (Å²) < 4.78 is 0. The van der Waals surface area contributed by atoms with Crippen LogP contribution < -0.4 is 0 Å². The zero-order valence-corrected chi connectivity index (χ0v) is 14.7. The first-order valence-corrected chi connectivity index (χ1v) is 8.50. The monoisotopic (exact) mass is 315 g/mol. The van der Waals surface area contributed by atoms with Gasteiger partial charge in [-0.3, -0.25) is 0 Å². The Morgan fingerprint density at radius 2 is 0.875 bits per heavy atom. The van der Waals surface area contributed by atoms with Crippen molar-refractivity contribution in [2.75, 3.05) is 14.1 Å². The van der Waals surface area contributed by atoms with E-state index in [1.54, 1.807) is 0 Å². The number of nitrogens with zero attached hydrogens (tertiary/aromatic N) is 1. The van der Waals surface area contributed by atoms with Gasteiger partial charge in [0, 0.05) is 6.04 Å². The maximum Gasteiger partial charge on any atom is 0.0603 e. The third kappa shape index (κ3) is 2.76. The molecule has 1 atom stereocenters. The predicted octanol–water partition coefficient (Wildman–Crippen LogP) is 4.97. The molecule has 3 aromatic rings. The molecule has 0 saturated carbocycles. The van der Waals surface area contributed by atoms with Crippen LogP contribution in [-0.4, -0.2) is 25.0 Å². The van der Waals surface area contributed by atoms with E-state index >= 15 is 0 Å². The van der Waals surface area contributed by atoms with E-state index in [1.807, 2.05) is 0 Å². The van der Waals surface area contributed by atoms with Gasteiger partial charge in [0.05, 0.1) is 5.41 Å². The molecule has 0 N–H and O–H groups in total. The van der Waals surface area contributed by atoms with Crippen molar-refractivity contribution >= 4 is 0 Å². The third-order valence-corrected chi connectivity index (χ3v) is 5.09. The molecule has 0 aromatic heterocycles. The van der Waals surface area contributed by atoms with Crippen LogP contribution in [0.25, 0.3) is 0 Å². The number of hydrogen-bond acceptors (Lipinski definition) is 1. The summed E-state index contributed by atoms with van der Waals surface area (Å²) in [6.45, 7) is 2.31. The van der Waals surface area contributed by atoms with Crippen molar-refractivity contribution < 1.29 is 0 Å². The molecule has 3 aromatic carbocycles. The molecule has 122 valence electrons. The molecule has 0 fully saturated rings. The van der Waals surface area contributed by atoms with E-state index < -0.39 is 0 Å². The second-order valence-corrected chi connectivity index (χ2v) is 6.55. The second-order valence-electron chi connectivity index (χ2n) is 6.55. The Hall–Kier alpha value is -2.38. The van der Waals surface area contributed by atoms with Crippen molar-refractivity contribution in [1.29, 1.82) is 0 Å². The molecule has 0 saturated heterocycles. The predicted molar refractivity (Wildman–Crippen MR) is 102 cm³/mol. The standard InChI is InChI=1S/C23H25N/c1-19(24(2)3)23(20-13-7-4-8-14-20,21-15-9-5-10-16-21)22-17-11-6-12-18-22/h4-19H,1-3H3. The molecule has 0 aliphatic carbocycles. The van der Waals surface area contributed by atoms with Crippen LogP contribution in [0.15, 0.2) is 91.0 Å². The molecule has 1 unspecified atom stereocenters. The van der Waals surface area contributed by atoms with Gasteiger partial charge >= 0.3 is 0 Å². The average molecular weight is 315 g/mol. The molecule has 0 spiro atoms. The van der Waals surface area contributed by atoms with Crippen molar-refractivity contribution in [3.63, 3.8) is 0 Å². The van der Waals surface area contributed by atoms with E-state index in [2.05, 4.69) is 117 Å².